The zero-order chi connectivity index (χ0) is 13.0. The molecule has 1 atom stereocenters. The minimum Gasteiger partial charge on any atom is -0.311 e. The third-order valence-corrected chi connectivity index (χ3v) is 4.27. The summed E-state index contributed by atoms with van der Waals surface area (Å²) in [6, 6.07) is 8.03. The van der Waals surface area contributed by atoms with Crippen LogP contribution < -0.4 is 10.2 Å². The fraction of sp³-hybridized carbons (Fsp3) is 0.500. The number of anilines is 1. The van der Waals surface area contributed by atoms with E-state index >= 15 is 0 Å². The van der Waals surface area contributed by atoms with E-state index in [1.165, 1.54) is 0 Å². The molecule has 0 spiro atoms. The lowest BCUT2D eigenvalue weighted by atomic mass is 10.1. The van der Waals surface area contributed by atoms with Gasteiger partial charge in [0, 0.05) is 30.3 Å². The maximum Gasteiger partial charge on any atom is 0.244 e. The van der Waals surface area contributed by atoms with Crippen molar-refractivity contribution in [1.82, 2.24) is 5.32 Å². The number of aryl methyl sites for hydroxylation is 1. The lowest BCUT2D eigenvalue weighted by Crippen LogP contribution is -2.50. The molecular formula is C14H20N2OS. The number of amides is 1. The van der Waals surface area contributed by atoms with Crippen molar-refractivity contribution in [2.75, 3.05) is 29.5 Å². The summed E-state index contributed by atoms with van der Waals surface area (Å²) in [4.78, 5) is 14.4. The van der Waals surface area contributed by atoms with Gasteiger partial charge in [0.15, 0.2) is 0 Å². The Hall–Kier alpha value is -1.00. The maximum absolute atomic E-state index is 12.5. The summed E-state index contributed by atoms with van der Waals surface area (Å²) in [5.74, 6) is 2.17. The number of carbonyl (C=O) groups is 1. The van der Waals surface area contributed by atoms with Gasteiger partial charge in [0.1, 0.15) is 0 Å². The molecule has 1 unspecified atom stereocenters. The molecule has 98 valence electrons. The third kappa shape index (κ3) is 2.87. The van der Waals surface area contributed by atoms with Gasteiger partial charge in [-0.1, -0.05) is 18.2 Å². The molecule has 1 heterocycles. The van der Waals surface area contributed by atoms with Crippen molar-refractivity contribution in [3.05, 3.63) is 29.8 Å². The van der Waals surface area contributed by atoms with Crippen LogP contribution in [0.1, 0.15) is 12.5 Å². The average molecular weight is 264 g/mol. The molecule has 1 aromatic rings. The highest BCUT2D eigenvalue weighted by Gasteiger charge is 2.26. The molecular weight excluding hydrogens is 244 g/mol. The van der Waals surface area contributed by atoms with Crippen LogP contribution >= 0.6 is 11.8 Å². The number of nitrogens with zero attached hydrogens (tertiary/aromatic N) is 1. The third-order valence-electron chi connectivity index (χ3n) is 3.21. The van der Waals surface area contributed by atoms with Crippen molar-refractivity contribution in [1.29, 1.82) is 0 Å². The highest BCUT2D eigenvalue weighted by molar-refractivity contribution is 7.99. The van der Waals surface area contributed by atoms with Gasteiger partial charge >= 0.3 is 0 Å². The van der Waals surface area contributed by atoms with Crippen molar-refractivity contribution in [3.63, 3.8) is 0 Å². The summed E-state index contributed by atoms with van der Waals surface area (Å²) in [6.45, 7) is 5.72. The summed E-state index contributed by atoms with van der Waals surface area (Å²) < 4.78 is 0. The molecule has 1 aliphatic rings. The molecule has 0 radical (unpaired) electrons. The van der Waals surface area contributed by atoms with Crippen LogP contribution in [0, 0.1) is 6.92 Å². The van der Waals surface area contributed by atoms with Crippen LogP contribution in [0.25, 0.3) is 0 Å². The largest absolute Gasteiger partial charge is 0.311 e. The lowest BCUT2D eigenvalue weighted by Gasteiger charge is -2.30. The van der Waals surface area contributed by atoms with Gasteiger partial charge in [-0.25, -0.2) is 0 Å². The van der Waals surface area contributed by atoms with Crippen LogP contribution in [0.3, 0.4) is 0 Å². The molecule has 1 N–H and O–H groups in total. The van der Waals surface area contributed by atoms with Gasteiger partial charge in [-0.15, -0.1) is 0 Å². The van der Waals surface area contributed by atoms with E-state index in [0.717, 1.165) is 29.3 Å². The second-order valence-corrected chi connectivity index (χ2v) is 5.60. The van der Waals surface area contributed by atoms with Crippen molar-refractivity contribution >= 4 is 23.4 Å². The summed E-state index contributed by atoms with van der Waals surface area (Å²) >= 11 is 1.85. The summed E-state index contributed by atoms with van der Waals surface area (Å²) in [7, 11) is 0. The molecule has 1 aliphatic heterocycles. The van der Waals surface area contributed by atoms with Crippen LogP contribution in [0.15, 0.2) is 24.3 Å². The van der Waals surface area contributed by atoms with Gasteiger partial charge in [-0.2, -0.15) is 11.8 Å². The Bertz CT molecular complexity index is 416. The number of rotatable bonds is 3. The normalized spacial score (nSPS) is 19.6. The first-order chi connectivity index (χ1) is 8.74. The minimum atomic E-state index is -0.0386. The molecule has 0 aliphatic carbocycles. The summed E-state index contributed by atoms with van der Waals surface area (Å²) in [6.07, 6.45) is 0. The minimum absolute atomic E-state index is 0.0386. The second kappa shape index (κ2) is 6.25. The highest BCUT2D eigenvalue weighted by Crippen LogP contribution is 2.21. The van der Waals surface area contributed by atoms with E-state index in [4.69, 9.17) is 0 Å². The molecule has 1 fully saturated rings. The standard InChI is InChI=1S/C14H20N2OS/c1-3-16(13-7-5-4-6-11(13)2)14(17)12-10-18-9-8-15-12/h4-7,12,15H,3,8-10H2,1-2H3. The van der Waals surface area contributed by atoms with Gasteiger partial charge in [0.05, 0.1) is 6.04 Å². The first kappa shape index (κ1) is 13.4. The van der Waals surface area contributed by atoms with Gasteiger partial charge < -0.3 is 10.2 Å². The van der Waals surface area contributed by atoms with Crippen LogP contribution in [-0.2, 0) is 4.79 Å². The van der Waals surface area contributed by atoms with Gasteiger partial charge in [0.25, 0.3) is 0 Å². The topological polar surface area (TPSA) is 32.3 Å². The van der Waals surface area contributed by atoms with Crippen molar-refractivity contribution in [2.45, 2.75) is 19.9 Å². The number of benzene rings is 1. The molecule has 3 nitrogen and oxygen atoms in total. The molecule has 2 rings (SSSR count). The summed E-state index contributed by atoms with van der Waals surface area (Å²) in [5.41, 5.74) is 2.18. The van der Waals surface area contributed by atoms with Gasteiger partial charge in [-0.3, -0.25) is 4.79 Å². The molecule has 1 aromatic carbocycles. The number of carbonyl (C=O) groups excluding carboxylic acids is 1. The number of para-hydroxylation sites is 1. The Morgan fingerprint density at radius 1 is 1.50 bits per heavy atom. The fourth-order valence-electron chi connectivity index (χ4n) is 2.22. The number of thioether (sulfide) groups is 1. The van der Waals surface area contributed by atoms with Crippen LogP contribution in [0.4, 0.5) is 5.69 Å². The van der Waals surface area contributed by atoms with E-state index in [1.54, 1.807) is 0 Å². The Labute approximate surface area is 113 Å². The molecule has 0 bridgehead atoms. The van der Waals surface area contributed by atoms with E-state index in [1.807, 2.05) is 54.8 Å². The molecule has 1 saturated heterocycles. The zero-order valence-electron chi connectivity index (χ0n) is 11.0. The summed E-state index contributed by atoms with van der Waals surface area (Å²) in [5, 5.41) is 3.31. The van der Waals surface area contributed by atoms with Gasteiger partial charge in [-0.05, 0) is 25.5 Å². The predicted octanol–water partition coefficient (Wildman–Crippen LogP) is 2.05. The van der Waals surface area contributed by atoms with Crippen molar-refractivity contribution in [3.8, 4) is 0 Å². The second-order valence-electron chi connectivity index (χ2n) is 4.45. The smallest absolute Gasteiger partial charge is 0.244 e. The average Bonchev–Trinajstić information content (AvgIpc) is 2.42. The van der Waals surface area contributed by atoms with E-state index < -0.39 is 0 Å². The van der Waals surface area contributed by atoms with Gasteiger partial charge in [0.2, 0.25) is 5.91 Å². The van der Waals surface area contributed by atoms with E-state index in [-0.39, 0.29) is 11.9 Å². The van der Waals surface area contributed by atoms with Crippen LogP contribution in [0.2, 0.25) is 0 Å². The number of nitrogens with one attached hydrogen (secondary N) is 1. The molecule has 0 aromatic heterocycles. The Kier molecular flexibility index (Phi) is 4.66. The lowest BCUT2D eigenvalue weighted by molar-refractivity contribution is -0.120. The Morgan fingerprint density at radius 2 is 2.28 bits per heavy atom. The number of likely N-dealkylation sites (N-methyl/N-ethyl adjacent to an activating group) is 1. The SMILES string of the molecule is CCN(C(=O)C1CSCCN1)c1ccccc1C. The highest BCUT2D eigenvalue weighted by atomic mass is 32.2. The quantitative estimate of drug-likeness (QED) is 0.907. The van der Waals surface area contributed by atoms with Crippen molar-refractivity contribution in [2.24, 2.45) is 0 Å². The Morgan fingerprint density at radius 3 is 2.89 bits per heavy atom. The molecule has 4 heteroatoms. The first-order valence-corrected chi connectivity index (χ1v) is 7.57. The fourth-order valence-corrected chi connectivity index (χ4v) is 3.15. The molecule has 0 saturated carbocycles. The van der Waals surface area contributed by atoms with E-state index in [0.29, 0.717) is 6.54 Å². The first-order valence-electron chi connectivity index (χ1n) is 6.42. The van der Waals surface area contributed by atoms with E-state index in [2.05, 4.69) is 5.32 Å². The van der Waals surface area contributed by atoms with Crippen molar-refractivity contribution < 1.29 is 4.79 Å². The molecule has 1 amide bonds. The van der Waals surface area contributed by atoms with Crippen LogP contribution in [0.5, 0.6) is 0 Å². The zero-order valence-corrected chi connectivity index (χ0v) is 11.8. The van der Waals surface area contributed by atoms with E-state index in [9.17, 15) is 4.79 Å². The number of hydrogen-bond acceptors (Lipinski definition) is 3. The molecule has 18 heavy (non-hydrogen) atoms. The maximum atomic E-state index is 12.5. The Balaban J connectivity index is 2.17. The monoisotopic (exact) mass is 264 g/mol. The number of hydrogen-bond donors (Lipinski definition) is 1. The van der Waals surface area contributed by atoms with Crippen LogP contribution in [-0.4, -0.2) is 36.5 Å². The predicted molar refractivity (Wildman–Crippen MR) is 78.3 cm³/mol.